The maximum atomic E-state index is 11.0. The molecule has 0 spiro atoms. The predicted octanol–water partition coefficient (Wildman–Crippen LogP) is 2.30. The molecule has 0 aliphatic heterocycles. The first-order chi connectivity index (χ1) is 8.42. The van der Waals surface area contributed by atoms with E-state index in [0.29, 0.717) is 11.3 Å². The van der Waals surface area contributed by atoms with E-state index >= 15 is 0 Å². The molecule has 6 heteroatoms. The lowest BCUT2D eigenvalue weighted by atomic mass is 9.97. The van der Waals surface area contributed by atoms with Crippen LogP contribution >= 0.6 is 0 Å². The van der Waals surface area contributed by atoms with Gasteiger partial charge in [-0.2, -0.15) is 0 Å². The summed E-state index contributed by atoms with van der Waals surface area (Å²) in [6.07, 6.45) is -0.853. The summed E-state index contributed by atoms with van der Waals surface area (Å²) in [4.78, 5) is 10.4. The second-order valence-corrected chi connectivity index (χ2v) is 4.21. The zero-order chi connectivity index (χ0) is 13.9. The molecule has 0 saturated heterocycles. The van der Waals surface area contributed by atoms with Crippen LogP contribution in [0.1, 0.15) is 25.5 Å². The Labute approximate surface area is 105 Å². The topological polar surface area (TPSA) is 81.8 Å². The number of methoxy groups -OCH3 is 2. The van der Waals surface area contributed by atoms with Crippen LogP contribution in [0.5, 0.6) is 11.5 Å². The van der Waals surface area contributed by atoms with Crippen molar-refractivity contribution < 1.29 is 19.5 Å². The molecule has 1 aromatic rings. The van der Waals surface area contributed by atoms with Gasteiger partial charge in [0.05, 0.1) is 31.3 Å². The van der Waals surface area contributed by atoms with Crippen molar-refractivity contribution >= 4 is 5.69 Å². The first-order valence-electron chi connectivity index (χ1n) is 5.50. The van der Waals surface area contributed by atoms with Crippen LogP contribution in [-0.2, 0) is 0 Å². The predicted molar refractivity (Wildman–Crippen MR) is 66.0 cm³/mol. The van der Waals surface area contributed by atoms with Crippen molar-refractivity contribution in [3.63, 3.8) is 0 Å². The molecule has 100 valence electrons. The van der Waals surface area contributed by atoms with Crippen LogP contribution in [0, 0.1) is 16.0 Å². The Morgan fingerprint density at radius 2 is 1.89 bits per heavy atom. The highest BCUT2D eigenvalue weighted by Gasteiger charge is 2.26. The van der Waals surface area contributed by atoms with Gasteiger partial charge in [-0.3, -0.25) is 10.1 Å². The minimum atomic E-state index is -0.853. The maximum absolute atomic E-state index is 11.0. The van der Waals surface area contributed by atoms with Gasteiger partial charge in [-0.25, -0.2) is 0 Å². The molecule has 0 amide bonds. The van der Waals surface area contributed by atoms with E-state index < -0.39 is 11.0 Å². The van der Waals surface area contributed by atoms with Crippen LogP contribution in [0.2, 0.25) is 0 Å². The SMILES string of the molecule is COc1cc(C(O)C(C)C)c(OC)c([N+](=O)[O-])c1. The van der Waals surface area contributed by atoms with Gasteiger partial charge >= 0.3 is 5.69 Å². The molecular formula is C12H17NO5. The van der Waals surface area contributed by atoms with E-state index in [0.717, 1.165) is 0 Å². The molecule has 0 saturated carbocycles. The van der Waals surface area contributed by atoms with E-state index in [4.69, 9.17) is 9.47 Å². The van der Waals surface area contributed by atoms with Crippen molar-refractivity contribution in [2.24, 2.45) is 5.92 Å². The Bertz CT molecular complexity index is 444. The van der Waals surface area contributed by atoms with Gasteiger partial charge < -0.3 is 14.6 Å². The molecule has 0 aromatic heterocycles. The maximum Gasteiger partial charge on any atom is 0.315 e. The highest BCUT2D eigenvalue weighted by molar-refractivity contribution is 5.57. The zero-order valence-electron chi connectivity index (χ0n) is 10.8. The lowest BCUT2D eigenvalue weighted by Gasteiger charge is -2.18. The molecule has 0 radical (unpaired) electrons. The fraction of sp³-hybridized carbons (Fsp3) is 0.500. The summed E-state index contributed by atoms with van der Waals surface area (Å²) in [5.74, 6) is 0.296. The third-order valence-corrected chi connectivity index (χ3v) is 2.66. The molecule has 1 atom stereocenters. The van der Waals surface area contributed by atoms with Crippen LogP contribution in [0.4, 0.5) is 5.69 Å². The Balaban J connectivity index is 3.47. The third kappa shape index (κ3) is 2.70. The minimum absolute atomic E-state index is 0.0713. The summed E-state index contributed by atoms with van der Waals surface area (Å²) in [5, 5.41) is 21.1. The van der Waals surface area contributed by atoms with E-state index in [1.165, 1.54) is 20.3 Å². The average molecular weight is 255 g/mol. The molecule has 0 heterocycles. The summed E-state index contributed by atoms with van der Waals surface area (Å²) >= 11 is 0. The molecule has 0 aliphatic carbocycles. The molecular weight excluding hydrogens is 238 g/mol. The van der Waals surface area contributed by atoms with Crippen molar-refractivity contribution in [3.8, 4) is 11.5 Å². The number of nitro benzene ring substituents is 1. The fourth-order valence-corrected chi connectivity index (χ4v) is 1.66. The Morgan fingerprint density at radius 3 is 2.28 bits per heavy atom. The van der Waals surface area contributed by atoms with E-state index in [1.54, 1.807) is 6.07 Å². The number of ether oxygens (including phenoxy) is 2. The van der Waals surface area contributed by atoms with Crippen molar-refractivity contribution in [1.29, 1.82) is 0 Å². The number of benzene rings is 1. The summed E-state index contributed by atoms with van der Waals surface area (Å²) in [6, 6.07) is 2.83. The molecule has 1 rings (SSSR count). The van der Waals surface area contributed by atoms with Crippen molar-refractivity contribution in [2.45, 2.75) is 20.0 Å². The van der Waals surface area contributed by atoms with Crippen molar-refractivity contribution in [3.05, 3.63) is 27.8 Å². The number of hydrogen-bond acceptors (Lipinski definition) is 5. The molecule has 0 fully saturated rings. The van der Waals surface area contributed by atoms with Gasteiger partial charge in [0, 0.05) is 5.56 Å². The molecule has 6 nitrogen and oxygen atoms in total. The standard InChI is InChI=1S/C12H17NO5/c1-7(2)11(14)9-5-8(17-3)6-10(13(15)16)12(9)18-4/h5-7,11,14H,1-4H3. The summed E-state index contributed by atoms with van der Waals surface area (Å²) in [6.45, 7) is 3.63. The average Bonchev–Trinajstić information content (AvgIpc) is 2.35. The quantitative estimate of drug-likeness (QED) is 0.644. The first kappa shape index (κ1) is 14.2. The molecule has 1 aromatic carbocycles. The molecule has 18 heavy (non-hydrogen) atoms. The van der Waals surface area contributed by atoms with Crippen LogP contribution in [0.3, 0.4) is 0 Å². The van der Waals surface area contributed by atoms with Gasteiger partial charge in [0.1, 0.15) is 5.75 Å². The van der Waals surface area contributed by atoms with Crippen molar-refractivity contribution in [1.82, 2.24) is 0 Å². The number of rotatable bonds is 5. The Kier molecular flexibility index (Phi) is 4.49. The Hall–Kier alpha value is -1.82. The first-order valence-corrected chi connectivity index (χ1v) is 5.50. The monoisotopic (exact) mass is 255 g/mol. The van der Waals surface area contributed by atoms with Crippen LogP contribution in [0.25, 0.3) is 0 Å². The fourth-order valence-electron chi connectivity index (χ4n) is 1.66. The van der Waals surface area contributed by atoms with Gasteiger partial charge in [0.2, 0.25) is 5.75 Å². The van der Waals surface area contributed by atoms with E-state index in [2.05, 4.69) is 0 Å². The van der Waals surface area contributed by atoms with Crippen LogP contribution < -0.4 is 9.47 Å². The lowest BCUT2D eigenvalue weighted by Crippen LogP contribution is -2.09. The highest BCUT2D eigenvalue weighted by Crippen LogP contribution is 2.40. The lowest BCUT2D eigenvalue weighted by molar-refractivity contribution is -0.385. The Morgan fingerprint density at radius 1 is 1.28 bits per heavy atom. The molecule has 1 unspecified atom stereocenters. The third-order valence-electron chi connectivity index (χ3n) is 2.66. The number of aliphatic hydroxyl groups is 1. The number of nitro groups is 1. The largest absolute Gasteiger partial charge is 0.496 e. The van der Waals surface area contributed by atoms with Gasteiger partial charge in [-0.05, 0) is 12.0 Å². The van der Waals surface area contributed by atoms with Gasteiger partial charge in [0.25, 0.3) is 0 Å². The van der Waals surface area contributed by atoms with Gasteiger partial charge in [-0.15, -0.1) is 0 Å². The van der Waals surface area contributed by atoms with Gasteiger partial charge in [-0.1, -0.05) is 13.8 Å². The number of nitrogens with zero attached hydrogens (tertiary/aromatic N) is 1. The summed E-state index contributed by atoms with van der Waals surface area (Å²) in [5.41, 5.74) is 0.144. The van der Waals surface area contributed by atoms with E-state index in [-0.39, 0.29) is 17.4 Å². The van der Waals surface area contributed by atoms with E-state index in [9.17, 15) is 15.2 Å². The van der Waals surface area contributed by atoms with Crippen LogP contribution in [-0.4, -0.2) is 24.2 Å². The molecule has 1 N–H and O–H groups in total. The summed E-state index contributed by atoms with van der Waals surface area (Å²) < 4.78 is 10.1. The molecule has 0 bridgehead atoms. The summed E-state index contributed by atoms with van der Waals surface area (Å²) in [7, 11) is 2.75. The second-order valence-electron chi connectivity index (χ2n) is 4.21. The highest BCUT2D eigenvalue weighted by atomic mass is 16.6. The van der Waals surface area contributed by atoms with Crippen molar-refractivity contribution in [2.75, 3.05) is 14.2 Å². The number of hydrogen-bond donors (Lipinski definition) is 1. The minimum Gasteiger partial charge on any atom is -0.496 e. The smallest absolute Gasteiger partial charge is 0.315 e. The van der Waals surface area contributed by atoms with E-state index in [1.807, 2.05) is 13.8 Å². The number of aliphatic hydroxyl groups excluding tert-OH is 1. The molecule has 0 aliphatic rings. The second kappa shape index (κ2) is 5.68. The van der Waals surface area contributed by atoms with Crippen LogP contribution in [0.15, 0.2) is 12.1 Å². The van der Waals surface area contributed by atoms with Gasteiger partial charge in [0.15, 0.2) is 0 Å². The normalized spacial score (nSPS) is 12.3. The zero-order valence-corrected chi connectivity index (χ0v) is 10.8.